The van der Waals surface area contributed by atoms with Crippen molar-refractivity contribution < 1.29 is 9.53 Å². The summed E-state index contributed by atoms with van der Waals surface area (Å²) >= 11 is 0. The summed E-state index contributed by atoms with van der Waals surface area (Å²) in [5, 5.41) is 6.45. The maximum atomic E-state index is 12.3. The number of carbonyl (C=O) groups is 1. The third-order valence-electron chi connectivity index (χ3n) is 6.00. The molecule has 2 aromatic rings. The van der Waals surface area contributed by atoms with Crippen molar-refractivity contribution in [2.24, 2.45) is 4.99 Å². The Labute approximate surface area is 190 Å². The maximum Gasteiger partial charge on any atom is 0.253 e. The van der Waals surface area contributed by atoms with E-state index in [1.54, 1.807) is 0 Å². The van der Waals surface area contributed by atoms with E-state index in [9.17, 15) is 4.79 Å². The van der Waals surface area contributed by atoms with E-state index in [0.29, 0.717) is 13.2 Å². The van der Waals surface area contributed by atoms with Crippen LogP contribution in [0.25, 0.3) is 0 Å². The van der Waals surface area contributed by atoms with Crippen LogP contribution in [0.4, 0.5) is 5.69 Å². The van der Waals surface area contributed by atoms with Crippen LogP contribution in [0.15, 0.2) is 59.6 Å². The van der Waals surface area contributed by atoms with Crippen LogP contribution in [0.5, 0.6) is 0 Å². The zero-order valence-corrected chi connectivity index (χ0v) is 18.8. The second kappa shape index (κ2) is 11.1. The Morgan fingerprint density at radius 3 is 2.56 bits per heavy atom. The van der Waals surface area contributed by atoms with Crippen molar-refractivity contribution in [3.63, 3.8) is 0 Å². The average Bonchev–Trinajstić information content (AvgIpc) is 3.37. The van der Waals surface area contributed by atoms with Gasteiger partial charge < -0.3 is 20.3 Å². The molecule has 2 aromatic carbocycles. The Kier molecular flexibility index (Phi) is 7.74. The smallest absolute Gasteiger partial charge is 0.253 e. The van der Waals surface area contributed by atoms with Gasteiger partial charge in [0.05, 0.1) is 0 Å². The van der Waals surface area contributed by atoms with Crippen LogP contribution in [0.1, 0.15) is 24.0 Å². The Balaban J connectivity index is 1.25. The lowest BCUT2D eigenvalue weighted by atomic mass is 10.2. The van der Waals surface area contributed by atoms with Gasteiger partial charge in [-0.3, -0.25) is 14.7 Å². The first-order valence-electron chi connectivity index (χ1n) is 11.4. The third kappa shape index (κ3) is 6.08. The molecule has 2 aliphatic heterocycles. The molecule has 7 nitrogen and oxygen atoms in total. The van der Waals surface area contributed by atoms with Crippen LogP contribution in [-0.4, -0.2) is 67.6 Å². The number of guanidine groups is 1. The molecule has 0 aliphatic carbocycles. The molecule has 1 amide bonds. The van der Waals surface area contributed by atoms with Gasteiger partial charge in [-0.05, 0) is 36.1 Å². The summed E-state index contributed by atoms with van der Waals surface area (Å²) < 4.78 is 5.47. The SMILES string of the molecule is CN=C(NCc1cccc(NC(=O)C2CCCO2)c1)N1CCN(Cc2ccccc2)CC1. The van der Waals surface area contributed by atoms with Crippen molar-refractivity contribution in [2.45, 2.75) is 32.0 Å². The average molecular weight is 436 g/mol. The van der Waals surface area contributed by atoms with Crippen molar-refractivity contribution in [1.29, 1.82) is 0 Å². The van der Waals surface area contributed by atoms with Crippen LogP contribution in [0, 0.1) is 0 Å². The van der Waals surface area contributed by atoms with Crippen molar-refractivity contribution in [2.75, 3.05) is 45.2 Å². The lowest BCUT2D eigenvalue weighted by molar-refractivity contribution is -0.124. The molecule has 32 heavy (non-hydrogen) atoms. The van der Waals surface area contributed by atoms with Crippen LogP contribution >= 0.6 is 0 Å². The topological polar surface area (TPSA) is 69.2 Å². The minimum absolute atomic E-state index is 0.0585. The number of nitrogens with one attached hydrogen (secondary N) is 2. The highest BCUT2D eigenvalue weighted by molar-refractivity contribution is 5.94. The van der Waals surface area contributed by atoms with Crippen molar-refractivity contribution >= 4 is 17.6 Å². The Morgan fingerprint density at radius 1 is 1.06 bits per heavy atom. The standard InChI is InChI=1S/C25H33N5O2/c1-26-25(30-14-12-29(13-15-30)19-20-7-3-2-4-8-20)27-18-21-9-5-10-22(17-21)28-24(31)23-11-6-16-32-23/h2-5,7-10,17,23H,6,11-16,18-19H2,1H3,(H,26,27)(H,28,31). The van der Waals surface area contributed by atoms with Gasteiger partial charge in [-0.25, -0.2) is 0 Å². The molecule has 0 bridgehead atoms. The van der Waals surface area contributed by atoms with E-state index in [2.05, 4.69) is 61.8 Å². The number of rotatable bonds is 6. The monoisotopic (exact) mass is 435 g/mol. The number of hydrogen-bond acceptors (Lipinski definition) is 4. The summed E-state index contributed by atoms with van der Waals surface area (Å²) in [6.45, 7) is 6.24. The van der Waals surface area contributed by atoms with E-state index in [0.717, 1.165) is 62.8 Å². The number of benzene rings is 2. The van der Waals surface area contributed by atoms with Crippen LogP contribution < -0.4 is 10.6 Å². The predicted molar refractivity (Wildman–Crippen MR) is 128 cm³/mol. The van der Waals surface area contributed by atoms with E-state index < -0.39 is 0 Å². The van der Waals surface area contributed by atoms with Crippen LogP contribution in [-0.2, 0) is 22.6 Å². The predicted octanol–water partition coefficient (Wildman–Crippen LogP) is 2.70. The molecule has 170 valence electrons. The summed E-state index contributed by atoms with van der Waals surface area (Å²) in [5.74, 6) is 0.856. The Hall–Kier alpha value is -2.90. The molecule has 2 heterocycles. The molecule has 0 spiro atoms. The summed E-state index contributed by atoms with van der Waals surface area (Å²) in [4.78, 5) is 21.6. The van der Waals surface area contributed by atoms with E-state index in [1.807, 2.05) is 25.2 Å². The van der Waals surface area contributed by atoms with Crippen molar-refractivity contribution in [1.82, 2.24) is 15.1 Å². The highest BCUT2D eigenvalue weighted by atomic mass is 16.5. The molecule has 4 rings (SSSR count). The summed E-state index contributed by atoms with van der Waals surface area (Å²) in [6, 6.07) is 18.6. The Morgan fingerprint density at radius 2 is 1.84 bits per heavy atom. The van der Waals surface area contributed by atoms with Gasteiger partial charge in [0.15, 0.2) is 5.96 Å². The molecule has 1 unspecified atom stereocenters. The van der Waals surface area contributed by atoms with Gasteiger partial charge in [-0.2, -0.15) is 0 Å². The normalized spacial score (nSPS) is 19.7. The molecule has 7 heteroatoms. The Bertz CT molecular complexity index is 904. The quantitative estimate of drug-likeness (QED) is 0.539. The maximum absolute atomic E-state index is 12.3. The molecule has 0 aromatic heterocycles. The van der Waals surface area contributed by atoms with Gasteiger partial charge in [-0.15, -0.1) is 0 Å². The number of ether oxygens (including phenoxy) is 1. The van der Waals surface area contributed by atoms with Gasteiger partial charge in [0.2, 0.25) is 0 Å². The fourth-order valence-corrected chi connectivity index (χ4v) is 4.24. The number of piperazine rings is 1. The van der Waals surface area contributed by atoms with Gasteiger partial charge >= 0.3 is 0 Å². The van der Waals surface area contributed by atoms with Gasteiger partial charge in [0.1, 0.15) is 6.10 Å². The van der Waals surface area contributed by atoms with Gasteiger partial charge in [0.25, 0.3) is 5.91 Å². The highest BCUT2D eigenvalue weighted by Gasteiger charge is 2.23. The molecule has 2 N–H and O–H groups in total. The van der Waals surface area contributed by atoms with Crippen molar-refractivity contribution in [3.05, 3.63) is 65.7 Å². The number of carbonyl (C=O) groups excluding carboxylic acids is 1. The minimum Gasteiger partial charge on any atom is -0.368 e. The van der Waals surface area contributed by atoms with Crippen LogP contribution in [0.2, 0.25) is 0 Å². The summed E-state index contributed by atoms with van der Waals surface area (Å²) in [5.41, 5.74) is 3.25. The molecule has 2 aliphatic rings. The van der Waals surface area contributed by atoms with Crippen LogP contribution in [0.3, 0.4) is 0 Å². The lowest BCUT2D eigenvalue weighted by Crippen LogP contribution is -2.52. The highest BCUT2D eigenvalue weighted by Crippen LogP contribution is 2.16. The second-order valence-corrected chi connectivity index (χ2v) is 8.34. The fourth-order valence-electron chi connectivity index (χ4n) is 4.24. The van der Waals surface area contributed by atoms with E-state index >= 15 is 0 Å². The number of aliphatic imine (C=N–C) groups is 1. The molecule has 2 fully saturated rings. The van der Waals surface area contributed by atoms with Gasteiger partial charge in [-0.1, -0.05) is 42.5 Å². The fraction of sp³-hybridized carbons (Fsp3) is 0.440. The first-order valence-corrected chi connectivity index (χ1v) is 11.4. The number of nitrogens with zero attached hydrogens (tertiary/aromatic N) is 3. The zero-order valence-electron chi connectivity index (χ0n) is 18.8. The first kappa shape index (κ1) is 22.3. The van der Waals surface area contributed by atoms with E-state index in [4.69, 9.17) is 4.74 Å². The van der Waals surface area contributed by atoms with Gasteiger partial charge in [0, 0.05) is 58.6 Å². The largest absolute Gasteiger partial charge is 0.368 e. The number of anilines is 1. The molecule has 0 radical (unpaired) electrons. The second-order valence-electron chi connectivity index (χ2n) is 8.34. The number of amides is 1. The summed E-state index contributed by atoms with van der Waals surface area (Å²) in [7, 11) is 1.83. The summed E-state index contributed by atoms with van der Waals surface area (Å²) in [6.07, 6.45) is 1.42. The molecular weight excluding hydrogens is 402 g/mol. The number of hydrogen-bond donors (Lipinski definition) is 2. The third-order valence-corrected chi connectivity index (χ3v) is 6.00. The molecule has 2 saturated heterocycles. The molecular formula is C25H33N5O2. The van der Waals surface area contributed by atoms with E-state index in [-0.39, 0.29) is 12.0 Å². The molecule has 1 atom stereocenters. The molecule has 0 saturated carbocycles. The minimum atomic E-state index is -0.323. The lowest BCUT2D eigenvalue weighted by Gasteiger charge is -2.36. The zero-order chi connectivity index (χ0) is 22.2. The first-order chi connectivity index (χ1) is 15.7. The van der Waals surface area contributed by atoms with E-state index in [1.165, 1.54) is 5.56 Å². The van der Waals surface area contributed by atoms with Crippen molar-refractivity contribution in [3.8, 4) is 0 Å².